The topological polar surface area (TPSA) is 26.3 Å². The Balaban J connectivity index is 3.08. The zero-order valence-electron chi connectivity index (χ0n) is 11.4. The maximum absolute atomic E-state index is 11.9. The lowest BCUT2D eigenvalue weighted by atomic mass is 9.96. The van der Waals surface area contributed by atoms with E-state index in [1.807, 2.05) is 12.3 Å². The lowest BCUT2D eigenvalue weighted by Crippen LogP contribution is -2.09. The van der Waals surface area contributed by atoms with Gasteiger partial charge in [-0.2, -0.15) is 0 Å². The molecule has 1 rings (SSSR count). The van der Waals surface area contributed by atoms with Gasteiger partial charge in [-0.05, 0) is 30.7 Å². The molecule has 0 unspecified atom stereocenters. The van der Waals surface area contributed by atoms with Gasteiger partial charge in [-0.15, -0.1) is 11.3 Å². The Kier molecular flexibility index (Phi) is 5.19. The number of rotatable bonds is 5. The molecule has 0 fully saturated rings. The van der Waals surface area contributed by atoms with E-state index in [1.54, 1.807) is 11.3 Å². The van der Waals surface area contributed by atoms with Crippen LogP contribution < -0.4 is 0 Å². The fraction of sp³-hybridized carbons (Fsp3) is 0.643. The minimum atomic E-state index is -0.175. The Morgan fingerprint density at radius 2 is 2.00 bits per heavy atom. The Morgan fingerprint density at radius 3 is 2.47 bits per heavy atom. The number of hydrogen-bond donors (Lipinski definition) is 0. The summed E-state index contributed by atoms with van der Waals surface area (Å²) in [5, 5.41) is 1.95. The molecule has 0 amide bonds. The summed E-state index contributed by atoms with van der Waals surface area (Å²) >= 11 is 1.68. The van der Waals surface area contributed by atoms with E-state index in [9.17, 15) is 4.79 Å². The van der Waals surface area contributed by atoms with Crippen LogP contribution in [-0.4, -0.2) is 12.6 Å². The van der Waals surface area contributed by atoms with Crippen LogP contribution >= 0.6 is 11.3 Å². The zero-order valence-corrected chi connectivity index (χ0v) is 12.2. The molecule has 0 aliphatic rings. The van der Waals surface area contributed by atoms with Crippen molar-refractivity contribution in [1.29, 1.82) is 0 Å². The summed E-state index contributed by atoms with van der Waals surface area (Å²) in [5.41, 5.74) is 1.97. The molecule has 1 heterocycles. The van der Waals surface area contributed by atoms with Crippen molar-refractivity contribution in [1.82, 2.24) is 0 Å². The molecule has 2 nitrogen and oxygen atoms in total. The summed E-state index contributed by atoms with van der Waals surface area (Å²) in [6.45, 7) is 11.0. The lowest BCUT2D eigenvalue weighted by molar-refractivity contribution is 0.0525. The molecule has 1 aromatic heterocycles. The Morgan fingerprint density at radius 1 is 1.35 bits per heavy atom. The van der Waals surface area contributed by atoms with Gasteiger partial charge in [0.2, 0.25) is 0 Å². The molecular formula is C14H22O2S. The van der Waals surface area contributed by atoms with E-state index in [1.165, 1.54) is 10.4 Å². The quantitative estimate of drug-likeness (QED) is 0.734. The summed E-state index contributed by atoms with van der Waals surface area (Å²) < 4.78 is 5.11. The molecule has 0 saturated heterocycles. The van der Waals surface area contributed by atoms with Crippen LogP contribution in [0.4, 0.5) is 0 Å². The fourth-order valence-corrected chi connectivity index (χ4v) is 2.97. The molecule has 1 aromatic rings. The second-order valence-corrected chi connectivity index (χ2v) is 5.88. The third kappa shape index (κ3) is 3.56. The second kappa shape index (κ2) is 6.20. The van der Waals surface area contributed by atoms with Gasteiger partial charge in [-0.1, -0.05) is 27.7 Å². The lowest BCUT2D eigenvalue weighted by Gasteiger charge is -2.11. The summed E-state index contributed by atoms with van der Waals surface area (Å²) in [6, 6.07) is 0. The van der Waals surface area contributed by atoms with Gasteiger partial charge in [0.15, 0.2) is 0 Å². The predicted octanol–water partition coefficient (Wildman–Crippen LogP) is 4.25. The first kappa shape index (κ1) is 14.2. The van der Waals surface area contributed by atoms with Crippen molar-refractivity contribution in [2.24, 2.45) is 5.92 Å². The van der Waals surface area contributed by atoms with Crippen LogP contribution in [0.5, 0.6) is 0 Å². The molecule has 17 heavy (non-hydrogen) atoms. The number of esters is 1. The van der Waals surface area contributed by atoms with Crippen LogP contribution in [0.15, 0.2) is 5.38 Å². The molecule has 96 valence electrons. The van der Waals surface area contributed by atoms with E-state index in [-0.39, 0.29) is 5.97 Å². The van der Waals surface area contributed by atoms with Crippen molar-refractivity contribution in [2.45, 2.75) is 47.0 Å². The van der Waals surface area contributed by atoms with Gasteiger partial charge in [0.05, 0.1) is 12.2 Å². The highest BCUT2D eigenvalue weighted by Gasteiger charge is 2.20. The summed E-state index contributed by atoms with van der Waals surface area (Å²) in [7, 11) is 0. The summed E-state index contributed by atoms with van der Waals surface area (Å²) in [6.07, 6.45) is 0.950. The highest BCUT2D eigenvalue weighted by atomic mass is 32.1. The number of carbonyl (C=O) groups excluding carboxylic acids is 1. The van der Waals surface area contributed by atoms with E-state index in [2.05, 4.69) is 27.7 Å². The van der Waals surface area contributed by atoms with Gasteiger partial charge in [0, 0.05) is 10.3 Å². The normalized spacial score (nSPS) is 11.2. The minimum absolute atomic E-state index is 0.175. The minimum Gasteiger partial charge on any atom is -0.462 e. The van der Waals surface area contributed by atoms with E-state index >= 15 is 0 Å². The zero-order chi connectivity index (χ0) is 13.0. The van der Waals surface area contributed by atoms with Crippen molar-refractivity contribution in [3.05, 3.63) is 21.4 Å². The molecule has 0 aliphatic carbocycles. The van der Waals surface area contributed by atoms with Crippen LogP contribution in [0.2, 0.25) is 0 Å². The molecule has 0 spiro atoms. The average Bonchev–Trinajstić information content (AvgIpc) is 2.60. The monoisotopic (exact) mass is 254 g/mol. The Hall–Kier alpha value is -0.830. The van der Waals surface area contributed by atoms with Crippen molar-refractivity contribution in [3.63, 3.8) is 0 Å². The molecule has 0 N–H and O–H groups in total. The molecule has 0 aliphatic heterocycles. The van der Waals surface area contributed by atoms with Crippen LogP contribution in [0.25, 0.3) is 0 Å². The van der Waals surface area contributed by atoms with Crippen LogP contribution in [0.3, 0.4) is 0 Å². The summed E-state index contributed by atoms with van der Waals surface area (Å²) in [4.78, 5) is 13.2. The molecule has 0 saturated carbocycles. The van der Waals surface area contributed by atoms with Crippen molar-refractivity contribution >= 4 is 17.3 Å². The van der Waals surface area contributed by atoms with Crippen LogP contribution in [-0.2, 0) is 11.2 Å². The van der Waals surface area contributed by atoms with Gasteiger partial charge in [-0.25, -0.2) is 4.79 Å². The first-order chi connectivity index (χ1) is 7.97. The predicted molar refractivity (Wildman–Crippen MR) is 72.9 cm³/mol. The maximum atomic E-state index is 11.9. The average molecular weight is 254 g/mol. The molecular weight excluding hydrogens is 232 g/mol. The van der Waals surface area contributed by atoms with E-state index in [0.717, 1.165) is 12.0 Å². The standard InChI is InChI=1S/C14H22O2S/c1-6-16-14(15)12-8-17-13(10(4)5)11(12)7-9(2)3/h8-10H,6-7H2,1-5H3. The van der Waals surface area contributed by atoms with Gasteiger partial charge < -0.3 is 4.74 Å². The fourth-order valence-electron chi connectivity index (χ4n) is 1.88. The van der Waals surface area contributed by atoms with E-state index < -0.39 is 0 Å². The molecule has 0 atom stereocenters. The molecule has 3 heteroatoms. The SMILES string of the molecule is CCOC(=O)c1csc(C(C)C)c1CC(C)C. The molecule has 0 bridgehead atoms. The van der Waals surface area contributed by atoms with Gasteiger partial charge in [0.25, 0.3) is 0 Å². The third-order valence-electron chi connectivity index (χ3n) is 2.56. The molecule has 0 radical (unpaired) electrons. The van der Waals surface area contributed by atoms with E-state index in [0.29, 0.717) is 18.4 Å². The Bertz CT molecular complexity index is 378. The van der Waals surface area contributed by atoms with Gasteiger partial charge in [0.1, 0.15) is 0 Å². The second-order valence-electron chi connectivity index (χ2n) is 4.97. The summed E-state index contributed by atoms with van der Waals surface area (Å²) in [5.74, 6) is 0.846. The molecule has 0 aromatic carbocycles. The van der Waals surface area contributed by atoms with Crippen LogP contribution in [0, 0.1) is 5.92 Å². The Labute approximate surface area is 108 Å². The van der Waals surface area contributed by atoms with Crippen LogP contribution in [0.1, 0.15) is 61.3 Å². The highest BCUT2D eigenvalue weighted by molar-refractivity contribution is 7.10. The van der Waals surface area contributed by atoms with Crippen molar-refractivity contribution < 1.29 is 9.53 Å². The third-order valence-corrected chi connectivity index (χ3v) is 3.88. The number of hydrogen-bond acceptors (Lipinski definition) is 3. The van der Waals surface area contributed by atoms with Crippen molar-refractivity contribution in [3.8, 4) is 0 Å². The first-order valence-corrected chi connectivity index (χ1v) is 7.12. The number of ether oxygens (including phenoxy) is 1. The smallest absolute Gasteiger partial charge is 0.339 e. The number of thiophene rings is 1. The van der Waals surface area contributed by atoms with Gasteiger partial charge >= 0.3 is 5.97 Å². The highest BCUT2D eigenvalue weighted by Crippen LogP contribution is 2.31. The van der Waals surface area contributed by atoms with E-state index in [4.69, 9.17) is 4.74 Å². The number of carbonyl (C=O) groups is 1. The largest absolute Gasteiger partial charge is 0.462 e. The van der Waals surface area contributed by atoms with Gasteiger partial charge in [-0.3, -0.25) is 0 Å². The maximum Gasteiger partial charge on any atom is 0.339 e. The van der Waals surface area contributed by atoms with Crippen molar-refractivity contribution in [2.75, 3.05) is 6.61 Å². The first-order valence-electron chi connectivity index (χ1n) is 6.24.